The van der Waals surface area contributed by atoms with Gasteiger partial charge in [-0.05, 0) is 50.7 Å². The van der Waals surface area contributed by atoms with E-state index in [4.69, 9.17) is 15.2 Å². The molecule has 1 saturated heterocycles. The number of nitrogens with two attached hydrogens (primary N) is 1. The normalized spacial score (nSPS) is 13.3. The Hall–Kier alpha value is -3.84. The zero-order valence-corrected chi connectivity index (χ0v) is 20.1. The van der Waals surface area contributed by atoms with Crippen LogP contribution in [-0.4, -0.2) is 54.2 Å². The Bertz CT molecular complexity index is 1090. The van der Waals surface area contributed by atoms with Crippen LogP contribution in [0.5, 0.6) is 5.75 Å². The summed E-state index contributed by atoms with van der Waals surface area (Å²) in [5, 5.41) is 9.31. The Morgan fingerprint density at radius 1 is 1.23 bits per heavy atom. The molecule has 1 aliphatic rings. The highest BCUT2D eigenvalue weighted by molar-refractivity contribution is 5.96. The molecule has 0 saturated carbocycles. The summed E-state index contributed by atoms with van der Waals surface area (Å²) in [6.07, 6.45) is 2.99. The van der Waals surface area contributed by atoms with Crippen molar-refractivity contribution in [3.8, 4) is 17.6 Å². The lowest BCUT2D eigenvalue weighted by Gasteiger charge is -2.25. The second-order valence-corrected chi connectivity index (χ2v) is 7.95. The van der Waals surface area contributed by atoms with Gasteiger partial charge >= 0.3 is 0 Å². The number of amides is 2. The third-order valence-electron chi connectivity index (χ3n) is 5.31. The number of aromatic nitrogens is 2. The van der Waals surface area contributed by atoms with Crippen LogP contribution in [0.3, 0.4) is 0 Å². The number of ether oxygens (including phenoxy) is 2. The first-order valence-corrected chi connectivity index (χ1v) is 11.8. The highest BCUT2D eigenvalue weighted by atomic mass is 16.5. The number of hydrogen-bond donors (Lipinski definition) is 4. The predicted molar refractivity (Wildman–Crippen MR) is 134 cm³/mol. The zero-order valence-electron chi connectivity index (χ0n) is 20.1. The number of nitrogens with one attached hydrogen (secondary N) is 3. The van der Waals surface area contributed by atoms with E-state index >= 15 is 0 Å². The number of carbonyl (C=O) groups excluding carboxylic acids is 2. The summed E-state index contributed by atoms with van der Waals surface area (Å²) in [7, 11) is 0. The van der Waals surface area contributed by atoms with Crippen LogP contribution < -0.4 is 26.4 Å². The first-order chi connectivity index (χ1) is 17.0. The van der Waals surface area contributed by atoms with Crippen LogP contribution in [0.4, 0.5) is 17.3 Å². The molecule has 1 fully saturated rings. The minimum Gasteiger partial charge on any atom is -0.493 e. The van der Waals surface area contributed by atoms with Crippen LogP contribution in [0.15, 0.2) is 24.3 Å². The van der Waals surface area contributed by atoms with E-state index in [1.54, 1.807) is 13.0 Å². The van der Waals surface area contributed by atoms with Gasteiger partial charge in [0.2, 0.25) is 0 Å². The number of primary amides is 1. The first kappa shape index (κ1) is 25.8. The highest BCUT2D eigenvalue weighted by Crippen LogP contribution is 2.26. The monoisotopic (exact) mass is 480 g/mol. The molecule has 35 heavy (non-hydrogen) atoms. The molecule has 2 amide bonds. The van der Waals surface area contributed by atoms with Crippen LogP contribution in [0.1, 0.15) is 49.3 Å². The second-order valence-electron chi connectivity index (χ2n) is 7.95. The maximum Gasteiger partial charge on any atom is 0.295 e. The number of hydrogen-bond acceptors (Lipinski definition) is 8. The fourth-order valence-corrected chi connectivity index (χ4v) is 3.55. The molecule has 0 unspecified atom stereocenters. The van der Waals surface area contributed by atoms with Crippen LogP contribution in [0.25, 0.3) is 0 Å². The van der Waals surface area contributed by atoms with Crippen molar-refractivity contribution in [1.82, 2.24) is 15.3 Å². The molecule has 2 aromatic rings. The Morgan fingerprint density at radius 3 is 2.74 bits per heavy atom. The van der Waals surface area contributed by atoms with Gasteiger partial charge in [0.25, 0.3) is 11.8 Å². The third-order valence-corrected chi connectivity index (χ3v) is 5.31. The summed E-state index contributed by atoms with van der Waals surface area (Å²) in [5.74, 6) is 5.57. The van der Waals surface area contributed by atoms with E-state index in [0.717, 1.165) is 12.8 Å². The maximum atomic E-state index is 12.1. The lowest BCUT2D eigenvalue weighted by Crippen LogP contribution is -2.29. The van der Waals surface area contributed by atoms with Crippen molar-refractivity contribution < 1.29 is 19.1 Å². The molecule has 1 aliphatic heterocycles. The smallest absolute Gasteiger partial charge is 0.295 e. The first-order valence-electron chi connectivity index (χ1n) is 11.8. The minimum atomic E-state index is -0.658. The van der Waals surface area contributed by atoms with Gasteiger partial charge in [0.05, 0.1) is 12.3 Å². The summed E-state index contributed by atoms with van der Waals surface area (Å²) in [4.78, 5) is 32.7. The van der Waals surface area contributed by atoms with Crippen LogP contribution >= 0.6 is 0 Å². The molecule has 1 aromatic heterocycles. The molecule has 0 spiro atoms. The molecule has 10 heteroatoms. The predicted octanol–water partition coefficient (Wildman–Crippen LogP) is 2.38. The van der Waals surface area contributed by atoms with Crippen LogP contribution in [0.2, 0.25) is 0 Å². The van der Waals surface area contributed by atoms with Crippen molar-refractivity contribution in [3.05, 3.63) is 35.7 Å². The minimum absolute atomic E-state index is 0.0802. The van der Waals surface area contributed by atoms with Gasteiger partial charge in [0.1, 0.15) is 5.75 Å². The Labute approximate surface area is 205 Å². The topological polar surface area (TPSA) is 140 Å². The van der Waals surface area contributed by atoms with Gasteiger partial charge < -0.3 is 31.2 Å². The molecule has 0 radical (unpaired) electrons. The molecule has 186 valence electrons. The third kappa shape index (κ3) is 7.86. The summed E-state index contributed by atoms with van der Waals surface area (Å²) < 4.78 is 11.2. The standard InChI is InChI=1S/C25H32N6O4/c1-3-7-21(32)27-12-6-13-35-19-9-5-8-18(16-19)29-25-22(23(26)33)30-20(4-2)24(31-25)28-17-10-14-34-15-11-17/h5,8-9,16-17H,4,6,10-15H2,1-2H3,(H2,26,33)(H,27,32)(H2,28,29,31). The van der Waals surface area contributed by atoms with E-state index in [1.807, 2.05) is 25.1 Å². The number of nitrogens with zero attached hydrogens (tertiary/aromatic N) is 2. The molecule has 0 atom stereocenters. The average Bonchev–Trinajstić information content (AvgIpc) is 2.85. The van der Waals surface area contributed by atoms with E-state index in [1.165, 1.54) is 0 Å². The van der Waals surface area contributed by atoms with Crippen molar-refractivity contribution >= 4 is 29.1 Å². The summed E-state index contributed by atoms with van der Waals surface area (Å²) >= 11 is 0. The number of anilines is 3. The molecular formula is C25H32N6O4. The number of benzene rings is 1. The van der Waals surface area contributed by atoms with Crippen molar-refractivity contribution in [2.24, 2.45) is 5.73 Å². The number of rotatable bonds is 11. The van der Waals surface area contributed by atoms with Crippen molar-refractivity contribution in [3.63, 3.8) is 0 Å². The Kier molecular flexibility index (Phi) is 9.69. The molecule has 3 rings (SSSR count). The van der Waals surface area contributed by atoms with Crippen molar-refractivity contribution in [2.45, 2.75) is 45.6 Å². The van der Waals surface area contributed by atoms with Gasteiger partial charge in [-0.25, -0.2) is 9.97 Å². The molecule has 0 bridgehead atoms. The number of aryl methyl sites for hydroxylation is 1. The quantitative estimate of drug-likeness (QED) is 0.284. The Balaban J connectivity index is 1.69. The van der Waals surface area contributed by atoms with Crippen molar-refractivity contribution in [2.75, 3.05) is 37.0 Å². The molecule has 10 nitrogen and oxygen atoms in total. The highest BCUT2D eigenvalue weighted by Gasteiger charge is 2.20. The fourth-order valence-electron chi connectivity index (χ4n) is 3.55. The second kappa shape index (κ2) is 13.2. The van der Waals surface area contributed by atoms with Crippen molar-refractivity contribution in [1.29, 1.82) is 0 Å². The summed E-state index contributed by atoms with van der Waals surface area (Å²) in [6.45, 7) is 5.85. The molecule has 2 heterocycles. The van der Waals surface area contributed by atoms with Gasteiger partial charge in [-0.3, -0.25) is 9.59 Å². The van der Waals surface area contributed by atoms with Gasteiger partial charge in [-0.2, -0.15) is 0 Å². The van der Waals surface area contributed by atoms with E-state index in [0.29, 0.717) is 62.2 Å². The van der Waals surface area contributed by atoms with Gasteiger partial charge in [0, 0.05) is 37.6 Å². The number of carbonyl (C=O) groups is 2. The lowest BCUT2D eigenvalue weighted by atomic mass is 10.1. The lowest BCUT2D eigenvalue weighted by molar-refractivity contribution is -0.115. The Morgan fingerprint density at radius 2 is 2.03 bits per heavy atom. The van der Waals surface area contributed by atoms with Gasteiger partial charge in [-0.1, -0.05) is 18.9 Å². The SMILES string of the molecule is CC#CC(=O)NCCCOc1cccc(Nc2nc(NC3CCOCC3)c(CC)nc2C(N)=O)c1. The average molecular weight is 481 g/mol. The van der Waals surface area contributed by atoms with E-state index in [2.05, 4.69) is 37.8 Å². The van der Waals surface area contributed by atoms with Crippen LogP contribution in [-0.2, 0) is 16.0 Å². The van der Waals surface area contributed by atoms with E-state index in [-0.39, 0.29) is 23.5 Å². The summed E-state index contributed by atoms with van der Waals surface area (Å²) in [6, 6.07) is 7.52. The fraction of sp³-hybridized carbons (Fsp3) is 0.440. The largest absolute Gasteiger partial charge is 0.493 e. The van der Waals surface area contributed by atoms with E-state index in [9.17, 15) is 9.59 Å². The molecule has 1 aromatic carbocycles. The molecule has 0 aliphatic carbocycles. The summed E-state index contributed by atoms with van der Waals surface area (Å²) in [5.41, 5.74) is 7.05. The zero-order chi connectivity index (χ0) is 25.0. The van der Waals surface area contributed by atoms with Gasteiger partial charge in [0.15, 0.2) is 17.3 Å². The van der Waals surface area contributed by atoms with Gasteiger partial charge in [-0.15, -0.1) is 0 Å². The van der Waals surface area contributed by atoms with Crippen LogP contribution in [0, 0.1) is 11.8 Å². The maximum absolute atomic E-state index is 12.1. The van der Waals surface area contributed by atoms with E-state index < -0.39 is 5.91 Å². The molecule has 5 N–H and O–H groups in total. The molecular weight excluding hydrogens is 448 g/mol.